The van der Waals surface area contributed by atoms with Gasteiger partial charge in [-0.05, 0) is 45.7 Å². The van der Waals surface area contributed by atoms with Crippen LogP contribution in [0.5, 0.6) is 6.01 Å². The SMILES string of the molecule is CC(C)(C)OC(=O)N1C2CCC1CN(c1nc(OCC(F)(F)F)nc3c(F)c(-c4cc(N)cc(C#N)c4Cl)ncc13)C2. The number of nitrogens with two attached hydrogens (primary N) is 1. The molecule has 5 rings (SSSR count). The Morgan fingerprint density at radius 2 is 1.86 bits per heavy atom. The second-order valence-corrected chi connectivity index (χ2v) is 11.5. The fraction of sp³-hybridized carbons (Fsp3) is 0.444. The maximum absolute atomic E-state index is 16.1. The molecule has 10 nitrogen and oxygen atoms in total. The van der Waals surface area contributed by atoms with E-state index < -0.39 is 36.3 Å². The van der Waals surface area contributed by atoms with Gasteiger partial charge in [0.15, 0.2) is 12.4 Å². The molecule has 2 atom stereocenters. The molecule has 2 fully saturated rings. The van der Waals surface area contributed by atoms with E-state index in [2.05, 4.69) is 15.0 Å². The number of nitrogens with zero attached hydrogens (tertiary/aromatic N) is 6. The Bertz CT molecular complexity index is 1590. The van der Waals surface area contributed by atoms with Crippen molar-refractivity contribution in [3.8, 4) is 23.3 Å². The highest BCUT2D eigenvalue weighted by atomic mass is 35.5. The van der Waals surface area contributed by atoms with Gasteiger partial charge in [0.25, 0.3) is 0 Å². The number of fused-ring (bicyclic) bond motifs is 3. The summed E-state index contributed by atoms with van der Waals surface area (Å²) in [6.07, 6.45) is -2.52. The van der Waals surface area contributed by atoms with Crippen LogP contribution in [0.4, 0.5) is 33.9 Å². The predicted octanol–water partition coefficient (Wildman–Crippen LogP) is 5.47. The number of hydrogen-bond acceptors (Lipinski definition) is 9. The van der Waals surface area contributed by atoms with E-state index in [-0.39, 0.29) is 69.4 Å². The summed E-state index contributed by atoms with van der Waals surface area (Å²) in [5.41, 5.74) is 4.64. The lowest BCUT2D eigenvalue weighted by atomic mass is 10.0. The molecule has 15 heteroatoms. The summed E-state index contributed by atoms with van der Waals surface area (Å²) in [5, 5.41) is 9.39. The predicted molar refractivity (Wildman–Crippen MR) is 146 cm³/mol. The van der Waals surface area contributed by atoms with E-state index in [4.69, 9.17) is 26.8 Å². The summed E-state index contributed by atoms with van der Waals surface area (Å²) in [5.74, 6) is -0.910. The Morgan fingerprint density at radius 3 is 2.45 bits per heavy atom. The minimum absolute atomic E-state index is 0.00885. The van der Waals surface area contributed by atoms with Gasteiger partial charge in [-0.2, -0.15) is 28.4 Å². The number of nitrogen functional groups attached to an aromatic ring is 1. The van der Waals surface area contributed by atoms with E-state index in [1.807, 2.05) is 6.07 Å². The van der Waals surface area contributed by atoms with Gasteiger partial charge in [-0.25, -0.2) is 9.18 Å². The average Bonchev–Trinajstić information content (AvgIpc) is 3.17. The van der Waals surface area contributed by atoms with E-state index in [0.29, 0.717) is 12.8 Å². The van der Waals surface area contributed by atoms with E-state index in [1.54, 1.807) is 30.6 Å². The van der Waals surface area contributed by atoms with Gasteiger partial charge in [-0.15, -0.1) is 0 Å². The lowest BCUT2D eigenvalue weighted by molar-refractivity contribution is -0.154. The number of carbonyl (C=O) groups excluding carboxylic acids is 1. The zero-order valence-electron chi connectivity index (χ0n) is 22.8. The molecule has 0 saturated carbocycles. The van der Waals surface area contributed by atoms with E-state index in [0.717, 1.165) is 0 Å². The number of nitriles is 1. The van der Waals surface area contributed by atoms with Crippen LogP contribution in [-0.4, -0.2) is 69.5 Å². The Labute approximate surface area is 243 Å². The fourth-order valence-electron chi connectivity index (χ4n) is 5.25. The largest absolute Gasteiger partial charge is 0.454 e. The smallest absolute Gasteiger partial charge is 0.422 e. The van der Waals surface area contributed by atoms with Crippen LogP contribution < -0.4 is 15.4 Å². The van der Waals surface area contributed by atoms with Gasteiger partial charge in [0.1, 0.15) is 28.7 Å². The Morgan fingerprint density at radius 1 is 1.19 bits per heavy atom. The van der Waals surface area contributed by atoms with Crippen molar-refractivity contribution in [3.63, 3.8) is 0 Å². The van der Waals surface area contributed by atoms with Crippen LogP contribution in [0, 0.1) is 17.1 Å². The van der Waals surface area contributed by atoms with Gasteiger partial charge in [0.05, 0.1) is 28.1 Å². The molecule has 0 radical (unpaired) electrons. The number of benzene rings is 1. The van der Waals surface area contributed by atoms with Crippen molar-refractivity contribution in [1.82, 2.24) is 19.9 Å². The zero-order valence-corrected chi connectivity index (χ0v) is 23.6. The topological polar surface area (TPSA) is 130 Å². The second-order valence-electron chi connectivity index (χ2n) is 11.1. The van der Waals surface area contributed by atoms with Gasteiger partial charge in [0.2, 0.25) is 0 Å². The van der Waals surface area contributed by atoms with Gasteiger partial charge in [-0.1, -0.05) is 11.6 Å². The average molecular weight is 608 g/mol. The number of ether oxygens (including phenoxy) is 2. The summed E-state index contributed by atoms with van der Waals surface area (Å²) < 4.78 is 65.5. The number of alkyl halides is 3. The Balaban J connectivity index is 1.59. The van der Waals surface area contributed by atoms with Gasteiger partial charge < -0.3 is 20.1 Å². The molecule has 42 heavy (non-hydrogen) atoms. The van der Waals surface area contributed by atoms with Crippen molar-refractivity contribution in [3.05, 3.63) is 34.7 Å². The van der Waals surface area contributed by atoms with Crippen LogP contribution in [0.3, 0.4) is 0 Å². The highest BCUT2D eigenvalue weighted by Gasteiger charge is 2.45. The first-order valence-corrected chi connectivity index (χ1v) is 13.3. The summed E-state index contributed by atoms with van der Waals surface area (Å²) in [6.45, 7) is 4.14. The van der Waals surface area contributed by atoms with E-state index in [1.165, 1.54) is 18.3 Å². The number of hydrogen-bond donors (Lipinski definition) is 1. The number of carbonyl (C=O) groups is 1. The van der Waals surface area contributed by atoms with Crippen molar-refractivity contribution < 1.29 is 31.8 Å². The van der Waals surface area contributed by atoms with E-state index in [9.17, 15) is 23.2 Å². The molecule has 2 bridgehead atoms. The summed E-state index contributed by atoms with van der Waals surface area (Å²) in [4.78, 5) is 28.7. The van der Waals surface area contributed by atoms with Crippen LogP contribution in [0.1, 0.15) is 39.2 Å². The molecule has 2 aromatic heterocycles. The van der Waals surface area contributed by atoms with Crippen LogP contribution in [-0.2, 0) is 4.74 Å². The van der Waals surface area contributed by atoms with Crippen LogP contribution in [0.2, 0.25) is 5.02 Å². The second kappa shape index (κ2) is 10.6. The van der Waals surface area contributed by atoms with Gasteiger partial charge in [-0.3, -0.25) is 9.88 Å². The maximum Gasteiger partial charge on any atom is 0.422 e. The Hall–Kier alpha value is -4.12. The molecule has 4 heterocycles. The van der Waals surface area contributed by atoms with Crippen molar-refractivity contribution in [2.45, 2.75) is 57.5 Å². The molecule has 2 saturated heterocycles. The van der Waals surface area contributed by atoms with Crippen molar-refractivity contribution in [1.29, 1.82) is 5.26 Å². The van der Waals surface area contributed by atoms with Gasteiger partial charge >= 0.3 is 18.3 Å². The van der Waals surface area contributed by atoms with Crippen molar-refractivity contribution in [2.75, 3.05) is 30.3 Å². The number of halogens is 5. The zero-order chi connectivity index (χ0) is 30.6. The minimum Gasteiger partial charge on any atom is -0.454 e. The van der Waals surface area contributed by atoms with Crippen LogP contribution in [0.25, 0.3) is 22.2 Å². The molecule has 2 aliphatic heterocycles. The van der Waals surface area contributed by atoms with Crippen LogP contribution >= 0.6 is 11.6 Å². The molecule has 0 spiro atoms. The number of rotatable bonds is 4. The lowest BCUT2D eigenvalue weighted by Gasteiger charge is -2.42. The van der Waals surface area contributed by atoms with E-state index >= 15 is 4.39 Å². The fourth-order valence-corrected chi connectivity index (χ4v) is 5.49. The molecular weight excluding hydrogens is 582 g/mol. The summed E-state index contributed by atoms with van der Waals surface area (Å²) in [7, 11) is 0. The normalized spacial score (nSPS) is 18.7. The molecule has 3 aromatic rings. The molecule has 2 unspecified atom stereocenters. The maximum atomic E-state index is 16.1. The first kappa shape index (κ1) is 29.4. The van der Waals surface area contributed by atoms with Gasteiger partial charge in [0, 0.05) is 30.5 Å². The first-order valence-electron chi connectivity index (χ1n) is 13.0. The minimum atomic E-state index is -4.69. The lowest BCUT2D eigenvalue weighted by Crippen LogP contribution is -2.57. The third kappa shape index (κ3) is 5.78. The summed E-state index contributed by atoms with van der Waals surface area (Å²) >= 11 is 6.32. The molecule has 222 valence electrons. The standard InChI is InChI=1S/C27H26ClF4N7O3/c1-26(2,3)42-25(40)39-15-4-5-16(39)11-38(10-15)23-18-9-35-21(17-7-14(34)6-13(8-33)19(17)28)20(29)22(18)36-24(37-23)41-12-27(30,31)32/h6-7,9,15-16H,4-5,10-12,34H2,1-3H3. The summed E-state index contributed by atoms with van der Waals surface area (Å²) in [6, 6.07) is 3.30. The number of aromatic nitrogens is 3. The number of amides is 1. The highest BCUT2D eigenvalue weighted by molar-refractivity contribution is 6.34. The number of piperazine rings is 1. The van der Waals surface area contributed by atoms with Crippen molar-refractivity contribution in [2.24, 2.45) is 0 Å². The molecule has 2 N–H and O–H groups in total. The molecule has 1 amide bonds. The van der Waals surface area contributed by atoms with Crippen molar-refractivity contribution >= 4 is 40.1 Å². The first-order chi connectivity index (χ1) is 19.6. The number of anilines is 2. The quantitative estimate of drug-likeness (QED) is 0.303. The Kier molecular flexibility index (Phi) is 7.42. The molecule has 1 aromatic carbocycles. The third-order valence-corrected chi connectivity index (χ3v) is 7.27. The van der Waals surface area contributed by atoms with Crippen LogP contribution in [0.15, 0.2) is 18.3 Å². The molecule has 0 aliphatic carbocycles. The highest BCUT2D eigenvalue weighted by Crippen LogP contribution is 2.39. The monoisotopic (exact) mass is 607 g/mol. The molecule has 2 aliphatic rings. The molecular formula is C27H26ClF4N7O3. The number of pyridine rings is 1. The third-order valence-electron chi connectivity index (χ3n) is 6.87.